The lowest BCUT2D eigenvalue weighted by Crippen LogP contribution is -2.39. The second-order valence-electron chi connectivity index (χ2n) is 10.8. The highest BCUT2D eigenvalue weighted by atomic mass is 32.2. The third kappa shape index (κ3) is 6.68. The van der Waals surface area contributed by atoms with Crippen LogP contribution in [0.1, 0.15) is 33.6 Å². The molecule has 0 aliphatic carbocycles. The largest absolute Gasteiger partial charge is 0.479 e. The number of aromatic nitrogens is 3. The minimum Gasteiger partial charge on any atom is -0.479 e. The minimum atomic E-state index is -3.63. The number of nitrogens with zero attached hydrogens (tertiary/aromatic N) is 4. The molecular formula is C28H34N6O6S. The van der Waals surface area contributed by atoms with Gasteiger partial charge in [-0.1, -0.05) is 0 Å². The second kappa shape index (κ2) is 11.1. The lowest BCUT2D eigenvalue weighted by molar-refractivity contribution is -0.114. The summed E-state index contributed by atoms with van der Waals surface area (Å²) in [5, 5.41) is 5.88. The topological polar surface area (TPSA) is 145 Å². The molecule has 5 rings (SSSR count). The van der Waals surface area contributed by atoms with Gasteiger partial charge in [-0.2, -0.15) is 0 Å². The summed E-state index contributed by atoms with van der Waals surface area (Å²) in [6.07, 6.45) is 4.61. The van der Waals surface area contributed by atoms with E-state index in [1.807, 2.05) is 13.8 Å². The van der Waals surface area contributed by atoms with Crippen LogP contribution in [0.15, 0.2) is 41.6 Å². The van der Waals surface area contributed by atoms with E-state index in [9.17, 15) is 13.2 Å². The molecule has 2 aliphatic heterocycles. The van der Waals surface area contributed by atoms with Gasteiger partial charge >= 0.3 is 0 Å². The average molecular weight is 583 g/mol. The van der Waals surface area contributed by atoms with Gasteiger partial charge in [0.05, 0.1) is 17.5 Å². The molecule has 0 bridgehead atoms. The zero-order chi connectivity index (χ0) is 29.4. The van der Waals surface area contributed by atoms with Gasteiger partial charge in [0.15, 0.2) is 20.6 Å². The Morgan fingerprint density at radius 2 is 1.98 bits per heavy atom. The first-order chi connectivity index (χ1) is 19.4. The zero-order valence-electron chi connectivity index (χ0n) is 23.7. The van der Waals surface area contributed by atoms with Crippen molar-refractivity contribution in [3.8, 4) is 22.9 Å². The van der Waals surface area contributed by atoms with Crippen LogP contribution in [-0.2, 0) is 19.4 Å². The van der Waals surface area contributed by atoms with Crippen LogP contribution >= 0.6 is 0 Å². The Balaban J connectivity index is 1.56. The van der Waals surface area contributed by atoms with Gasteiger partial charge < -0.3 is 29.7 Å². The van der Waals surface area contributed by atoms with Crippen molar-refractivity contribution in [2.45, 2.75) is 50.3 Å². The number of anilines is 4. The predicted octanol–water partition coefficient (Wildman–Crippen LogP) is 3.81. The highest BCUT2D eigenvalue weighted by molar-refractivity contribution is 7.90. The minimum absolute atomic E-state index is 0.0499. The number of nitrogens with one attached hydrogen (secondary N) is 2. The summed E-state index contributed by atoms with van der Waals surface area (Å²) >= 11 is 0. The van der Waals surface area contributed by atoms with Crippen molar-refractivity contribution in [3.05, 3.63) is 36.5 Å². The van der Waals surface area contributed by atoms with Crippen molar-refractivity contribution in [1.82, 2.24) is 15.0 Å². The number of fused-ring (bicyclic) bond motifs is 1. The summed E-state index contributed by atoms with van der Waals surface area (Å²) in [5.74, 6) is 1.22. The van der Waals surface area contributed by atoms with Gasteiger partial charge in [-0.25, -0.2) is 23.4 Å². The fourth-order valence-corrected chi connectivity index (χ4v) is 5.37. The molecule has 0 saturated carbocycles. The van der Waals surface area contributed by atoms with Gasteiger partial charge in [-0.05, 0) is 44.9 Å². The number of hydrogen-bond acceptors (Lipinski definition) is 11. The first-order valence-electron chi connectivity index (χ1n) is 13.3. The van der Waals surface area contributed by atoms with Crippen LogP contribution in [0.5, 0.6) is 11.6 Å². The molecule has 12 nitrogen and oxygen atoms in total. The van der Waals surface area contributed by atoms with Crippen molar-refractivity contribution in [2.24, 2.45) is 0 Å². The molecule has 2 aliphatic rings. The number of carbonyl (C=O) groups is 1. The normalized spacial score (nSPS) is 18.1. The number of sulfone groups is 1. The summed E-state index contributed by atoms with van der Waals surface area (Å²) < 4.78 is 42.6. The molecule has 1 atom stereocenters. The summed E-state index contributed by atoms with van der Waals surface area (Å²) in [6.45, 7) is 6.99. The molecule has 41 heavy (non-hydrogen) atoms. The SMILES string of the molecule is CO[C@@H]1CCCN(c2cc(Nc3cc(NC(C)=O)ncc3-c3ccc4c(n3)OCC(C)(C)O4)nc(S(C)(=O)=O)c2)C1. The van der Waals surface area contributed by atoms with Crippen molar-refractivity contribution in [1.29, 1.82) is 0 Å². The molecule has 218 valence electrons. The van der Waals surface area contributed by atoms with E-state index in [1.165, 1.54) is 6.92 Å². The summed E-state index contributed by atoms with van der Waals surface area (Å²) in [4.78, 5) is 27.3. The molecule has 13 heteroatoms. The van der Waals surface area contributed by atoms with Crippen LogP contribution in [0, 0.1) is 0 Å². The molecule has 1 amide bonds. The quantitative estimate of drug-likeness (QED) is 0.419. The van der Waals surface area contributed by atoms with E-state index >= 15 is 0 Å². The van der Waals surface area contributed by atoms with Gasteiger partial charge in [0.1, 0.15) is 23.8 Å². The molecule has 1 fully saturated rings. The maximum atomic E-state index is 12.6. The zero-order valence-corrected chi connectivity index (χ0v) is 24.5. The Morgan fingerprint density at radius 1 is 1.17 bits per heavy atom. The number of amides is 1. The van der Waals surface area contributed by atoms with Gasteiger partial charge in [0.2, 0.25) is 5.91 Å². The number of ether oxygens (including phenoxy) is 3. The first kappa shape index (κ1) is 28.6. The molecule has 5 heterocycles. The maximum absolute atomic E-state index is 12.6. The Labute approximate surface area is 239 Å². The fourth-order valence-electron chi connectivity index (χ4n) is 4.77. The monoisotopic (exact) mass is 582 g/mol. The van der Waals surface area contributed by atoms with Crippen LogP contribution in [0.25, 0.3) is 11.3 Å². The Kier molecular flexibility index (Phi) is 7.75. The summed E-state index contributed by atoms with van der Waals surface area (Å²) in [6, 6.07) is 8.60. The Morgan fingerprint density at radius 3 is 2.71 bits per heavy atom. The van der Waals surface area contributed by atoms with E-state index < -0.39 is 15.4 Å². The standard InChI is InChI=1S/C28H34N6O6S/c1-17(35)30-24-13-22(20(14-29-24)21-8-9-23-27(32-21)39-16-28(2,3)40-23)31-25-11-18(12-26(33-25)41(5,36)37)34-10-6-7-19(15-34)38-4/h8-9,11-14,19H,6-7,10,15-16H2,1-5H3,(H2,29,30,31,33,35)/t19-/m1/s1. The van der Waals surface area contributed by atoms with Crippen LogP contribution < -0.4 is 25.0 Å². The average Bonchev–Trinajstić information content (AvgIpc) is 2.91. The van der Waals surface area contributed by atoms with Gasteiger partial charge in [-0.3, -0.25) is 4.79 Å². The van der Waals surface area contributed by atoms with Crippen LogP contribution in [0.4, 0.5) is 23.0 Å². The van der Waals surface area contributed by atoms with Crippen LogP contribution in [-0.4, -0.2) is 74.0 Å². The second-order valence-corrected chi connectivity index (χ2v) is 12.8. The predicted molar refractivity (Wildman–Crippen MR) is 155 cm³/mol. The van der Waals surface area contributed by atoms with E-state index in [4.69, 9.17) is 14.2 Å². The Hall–Kier alpha value is -3.97. The third-order valence-electron chi connectivity index (χ3n) is 6.76. The number of hydrogen-bond donors (Lipinski definition) is 2. The molecule has 3 aromatic rings. The molecule has 2 N–H and O–H groups in total. The van der Waals surface area contributed by atoms with E-state index in [1.54, 1.807) is 43.6 Å². The number of methoxy groups -OCH3 is 1. The summed E-state index contributed by atoms with van der Waals surface area (Å²) in [7, 11) is -1.94. The van der Waals surface area contributed by atoms with Crippen LogP contribution in [0.3, 0.4) is 0 Å². The van der Waals surface area contributed by atoms with Gasteiger partial charge in [0, 0.05) is 63.0 Å². The highest BCUT2D eigenvalue weighted by Crippen LogP contribution is 2.38. The number of piperidine rings is 1. The number of rotatable bonds is 7. The maximum Gasteiger partial charge on any atom is 0.257 e. The van der Waals surface area contributed by atoms with Crippen molar-refractivity contribution in [3.63, 3.8) is 0 Å². The Bertz CT molecular complexity index is 1580. The highest BCUT2D eigenvalue weighted by Gasteiger charge is 2.29. The molecular weight excluding hydrogens is 548 g/mol. The van der Waals surface area contributed by atoms with E-state index in [-0.39, 0.29) is 17.0 Å². The van der Waals surface area contributed by atoms with E-state index in [2.05, 4.69) is 30.5 Å². The molecule has 0 unspecified atom stereocenters. The van der Waals surface area contributed by atoms with Crippen LogP contribution in [0.2, 0.25) is 0 Å². The van der Waals surface area contributed by atoms with Crippen molar-refractivity contribution in [2.75, 3.05) is 48.6 Å². The van der Waals surface area contributed by atoms with E-state index in [0.29, 0.717) is 59.0 Å². The molecule has 0 aromatic carbocycles. The molecule has 3 aromatic heterocycles. The van der Waals surface area contributed by atoms with E-state index in [0.717, 1.165) is 25.6 Å². The van der Waals surface area contributed by atoms with Crippen molar-refractivity contribution < 1.29 is 27.4 Å². The van der Waals surface area contributed by atoms with Crippen molar-refractivity contribution >= 4 is 38.8 Å². The molecule has 0 spiro atoms. The lowest BCUT2D eigenvalue weighted by Gasteiger charge is -2.34. The molecule has 1 saturated heterocycles. The smallest absolute Gasteiger partial charge is 0.257 e. The van der Waals surface area contributed by atoms with Gasteiger partial charge in [0.25, 0.3) is 5.88 Å². The first-order valence-corrected chi connectivity index (χ1v) is 15.2. The lowest BCUT2D eigenvalue weighted by atomic mass is 10.1. The van der Waals surface area contributed by atoms with Gasteiger partial charge in [-0.15, -0.1) is 0 Å². The molecule has 0 radical (unpaired) electrons. The number of carbonyl (C=O) groups excluding carboxylic acids is 1. The third-order valence-corrected chi connectivity index (χ3v) is 7.73. The fraction of sp³-hybridized carbons (Fsp3) is 0.429. The summed E-state index contributed by atoms with van der Waals surface area (Å²) in [5.41, 5.74) is 1.86. The number of pyridine rings is 3.